The minimum absolute atomic E-state index is 0. The van der Waals surface area contributed by atoms with E-state index in [2.05, 4.69) is 20.9 Å². The standard InChI is InChI=1S/C19H29ClN4O3.HI/c1-2-21-19(23-9-5-12-27-15-8-13-26-14-15)24-11-10-22-18(25)16-6-3-4-7-17(16)20;/h3-4,6-7,15H,2,5,8-14H2,1H3,(H,22,25)(H2,21,23,24);1H. The van der Waals surface area contributed by atoms with Gasteiger partial charge >= 0.3 is 0 Å². The number of carbonyl (C=O) groups is 1. The first-order chi connectivity index (χ1) is 13.2. The number of hydrogen-bond acceptors (Lipinski definition) is 4. The minimum Gasteiger partial charge on any atom is -0.379 e. The normalized spacial score (nSPS) is 16.4. The van der Waals surface area contributed by atoms with Gasteiger partial charge in [0.2, 0.25) is 0 Å². The van der Waals surface area contributed by atoms with Gasteiger partial charge in [0.25, 0.3) is 5.91 Å². The largest absolute Gasteiger partial charge is 0.379 e. The number of ether oxygens (including phenoxy) is 2. The molecule has 1 aliphatic heterocycles. The van der Waals surface area contributed by atoms with E-state index in [0.29, 0.717) is 43.4 Å². The van der Waals surface area contributed by atoms with Crippen LogP contribution in [0.1, 0.15) is 30.1 Å². The van der Waals surface area contributed by atoms with E-state index in [1.165, 1.54) is 0 Å². The van der Waals surface area contributed by atoms with Crippen LogP contribution >= 0.6 is 35.6 Å². The lowest BCUT2D eigenvalue weighted by Gasteiger charge is -2.12. The predicted octanol–water partition coefficient (Wildman–Crippen LogP) is 2.44. The molecule has 9 heteroatoms. The van der Waals surface area contributed by atoms with Crippen LogP contribution in [-0.4, -0.2) is 64.0 Å². The fourth-order valence-corrected chi connectivity index (χ4v) is 2.81. The third-order valence-electron chi connectivity index (χ3n) is 3.98. The van der Waals surface area contributed by atoms with Crippen molar-refractivity contribution in [3.05, 3.63) is 34.9 Å². The lowest BCUT2D eigenvalue weighted by atomic mass is 10.2. The van der Waals surface area contributed by atoms with Crippen LogP contribution in [-0.2, 0) is 9.47 Å². The molecule has 2 rings (SSSR count). The molecule has 1 saturated heterocycles. The van der Waals surface area contributed by atoms with E-state index in [-0.39, 0.29) is 36.0 Å². The van der Waals surface area contributed by atoms with Crippen LogP contribution in [0.3, 0.4) is 0 Å². The lowest BCUT2D eigenvalue weighted by Crippen LogP contribution is -2.41. The molecule has 0 spiro atoms. The molecular formula is C19H30ClIN4O3. The van der Waals surface area contributed by atoms with E-state index in [4.69, 9.17) is 21.1 Å². The molecule has 0 aromatic heterocycles. The Morgan fingerprint density at radius 2 is 2.07 bits per heavy atom. The summed E-state index contributed by atoms with van der Waals surface area (Å²) in [7, 11) is 0. The second kappa shape index (κ2) is 14.8. The average Bonchev–Trinajstić information content (AvgIpc) is 3.18. The van der Waals surface area contributed by atoms with Gasteiger partial charge < -0.3 is 25.4 Å². The molecule has 1 unspecified atom stereocenters. The number of amides is 1. The van der Waals surface area contributed by atoms with Crippen molar-refractivity contribution in [2.24, 2.45) is 4.99 Å². The molecule has 3 N–H and O–H groups in total. The topological polar surface area (TPSA) is 84.0 Å². The van der Waals surface area contributed by atoms with Gasteiger partial charge in [-0.05, 0) is 31.9 Å². The fourth-order valence-electron chi connectivity index (χ4n) is 2.59. The van der Waals surface area contributed by atoms with Crippen molar-refractivity contribution < 1.29 is 14.3 Å². The van der Waals surface area contributed by atoms with Crippen molar-refractivity contribution in [3.63, 3.8) is 0 Å². The first kappa shape index (κ1) is 24.9. The second-order valence-electron chi connectivity index (χ2n) is 6.13. The number of aliphatic imine (C=N–C) groups is 1. The van der Waals surface area contributed by atoms with Gasteiger partial charge in [-0.2, -0.15) is 0 Å². The van der Waals surface area contributed by atoms with Gasteiger partial charge in [0.15, 0.2) is 5.96 Å². The van der Waals surface area contributed by atoms with Crippen LogP contribution in [0.15, 0.2) is 29.3 Å². The van der Waals surface area contributed by atoms with E-state index in [0.717, 1.165) is 32.0 Å². The summed E-state index contributed by atoms with van der Waals surface area (Å²) in [6, 6.07) is 7.00. The van der Waals surface area contributed by atoms with Crippen LogP contribution in [0.5, 0.6) is 0 Å². The van der Waals surface area contributed by atoms with E-state index >= 15 is 0 Å². The molecule has 1 atom stereocenters. The smallest absolute Gasteiger partial charge is 0.252 e. The van der Waals surface area contributed by atoms with Crippen molar-refractivity contribution in [3.8, 4) is 0 Å². The van der Waals surface area contributed by atoms with Crippen molar-refractivity contribution in [1.82, 2.24) is 16.0 Å². The van der Waals surface area contributed by atoms with Crippen molar-refractivity contribution in [2.45, 2.75) is 25.9 Å². The third-order valence-corrected chi connectivity index (χ3v) is 4.31. The van der Waals surface area contributed by atoms with Gasteiger partial charge in [0, 0.05) is 39.4 Å². The highest BCUT2D eigenvalue weighted by Crippen LogP contribution is 2.14. The fraction of sp³-hybridized carbons (Fsp3) is 0.579. The molecule has 1 amide bonds. The quantitative estimate of drug-likeness (QED) is 0.190. The molecule has 1 heterocycles. The summed E-state index contributed by atoms with van der Waals surface area (Å²) in [6.07, 6.45) is 2.08. The zero-order valence-electron chi connectivity index (χ0n) is 16.2. The summed E-state index contributed by atoms with van der Waals surface area (Å²) in [6.45, 7) is 6.68. The van der Waals surface area contributed by atoms with Crippen LogP contribution in [0.4, 0.5) is 0 Å². The molecule has 1 fully saturated rings. The van der Waals surface area contributed by atoms with Crippen molar-refractivity contribution in [1.29, 1.82) is 0 Å². The Morgan fingerprint density at radius 3 is 2.79 bits per heavy atom. The number of nitrogens with zero attached hydrogens (tertiary/aromatic N) is 1. The Morgan fingerprint density at radius 1 is 1.29 bits per heavy atom. The SMILES string of the molecule is CCNC(=NCCCOC1CCOC1)NCCNC(=O)c1ccccc1Cl.I. The molecule has 0 radical (unpaired) electrons. The number of nitrogens with one attached hydrogen (secondary N) is 3. The van der Waals surface area contributed by atoms with Gasteiger partial charge in [-0.25, -0.2) is 0 Å². The predicted molar refractivity (Wildman–Crippen MR) is 123 cm³/mol. The van der Waals surface area contributed by atoms with Gasteiger partial charge in [-0.1, -0.05) is 23.7 Å². The van der Waals surface area contributed by atoms with Crippen molar-refractivity contribution in [2.75, 3.05) is 46.0 Å². The first-order valence-electron chi connectivity index (χ1n) is 9.45. The van der Waals surface area contributed by atoms with Crippen LogP contribution in [0, 0.1) is 0 Å². The summed E-state index contributed by atoms with van der Waals surface area (Å²) in [5, 5.41) is 9.69. The van der Waals surface area contributed by atoms with Crippen LogP contribution in [0.25, 0.3) is 0 Å². The number of carbonyl (C=O) groups excluding carboxylic acids is 1. The molecule has 7 nitrogen and oxygen atoms in total. The summed E-state index contributed by atoms with van der Waals surface area (Å²) in [5.74, 6) is 0.547. The summed E-state index contributed by atoms with van der Waals surface area (Å²) in [5.41, 5.74) is 0.479. The monoisotopic (exact) mass is 524 g/mol. The molecule has 1 aromatic rings. The first-order valence-corrected chi connectivity index (χ1v) is 9.82. The van der Waals surface area contributed by atoms with E-state index < -0.39 is 0 Å². The summed E-state index contributed by atoms with van der Waals surface area (Å²) >= 11 is 6.03. The lowest BCUT2D eigenvalue weighted by molar-refractivity contribution is 0.0424. The zero-order valence-corrected chi connectivity index (χ0v) is 19.3. The molecule has 0 bridgehead atoms. The third kappa shape index (κ3) is 9.40. The highest BCUT2D eigenvalue weighted by Gasteiger charge is 2.15. The summed E-state index contributed by atoms with van der Waals surface area (Å²) < 4.78 is 11.0. The van der Waals surface area contributed by atoms with E-state index in [1.54, 1.807) is 24.3 Å². The highest BCUT2D eigenvalue weighted by molar-refractivity contribution is 14.0. The molecule has 28 heavy (non-hydrogen) atoms. The Hall–Kier alpha value is -1.10. The van der Waals surface area contributed by atoms with E-state index in [9.17, 15) is 4.79 Å². The second-order valence-corrected chi connectivity index (χ2v) is 6.54. The van der Waals surface area contributed by atoms with Crippen molar-refractivity contribution >= 4 is 47.4 Å². The Bertz CT molecular complexity index is 613. The van der Waals surface area contributed by atoms with Gasteiger partial charge in [0.1, 0.15) is 0 Å². The average molecular weight is 525 g/mol. The minimum atomic E-state index is -0.183. The number of halogens is 2. The summed E-state index contributed by atoms with van der Waals surface area (Å²) in [4.78, 5) is 16.6. The van der Waals surface area contributed by atoms with Crippen LogP contribution < -0.4 is 16.0 Å². The van der Waals surface area contributed by atoms with E-state index in [1.807, 2.05) is 6.92 Å². The molecular weight excluding hydrogens is 495 g/mol. The molecule has 158 valence electrons. The number of hydrogen-bond donors (Lipinski definition) is 3. The molecule has 1 aromatic carbocycles. The van der Waals surface area contributed by atoms with Crippen LogP contribution in [0.2, 0.25) is 5.02 Å². The number of guanidine groups is 1. The maximum atomic E-state index is 12.1. The number of rotatable bonds is 10. The maximum absolute atomic E-state index is 12.1. The Labute approximate surface area is 189 Å². The zero-order chi connectivity index (χ0) is 19.3. The number of benzene rings is 1. The highest BCUT2D eigenvalue weighted by atomic mass is 127. The van der Waals surface area contributed by atoms with Gasteiger partial charge in [-0.3, -0.25) is 9.79 Å². The Balaban J connectivity index is 0.00000392. The van der Waals surface area contributed by atoms with Gasteiger partial charge in [-0.15, -0.1) is 24.0 Å². The van der Waals surface area contributed by atoms with Gasteiger partial charge in [0.05, 0.1) is 23.3 Å². The Kier molecular flexibility index (Phi) is 13.2. The molecule has 1 aliphatic rings. The molecule has 0 saturated carbocycles. The molecule has 0 aliphatic carbocycles. The maximum Gasteiger partial charge on any atom is 0.252 e.